The van der Waals surface area contributed by atoms with Crippen LogP contribution in [0.15, 0.2) is 18.3 Å². The van der Waals surface area contributed by atoms with Crippen molar-refractivity contribution in [3.8, 4) is 10.6 Å². The fourth-order valence-electron chi connectivity index (χ4n) is 0.854. The van der Waals surface area contributed by atoms with Crippen LogP contribution in [0.3, 0.4) is 0 Å². The van der Waals surface area contributed by atoms with Crippen molar-refractivity contribution in [2.24, 2.45) is 0 Å². The SMILES string of the molecule is Nc1nnc(-c2ccc(F)nc2)s1. The Balaban J connectivity index is 2.41. The van der Waals surface area contributed by atoms with E-state index in [1.807, 2.05) is 0 Å². The summed E-state index contributed by atoms with van der Waals surface area (Å²) in [5, 5.41) is 8.47. The lowest BCUT2D eigenvalue weighted by Gasteiger charge is -1.91. The van der Waals surface area contributed by atoms with Crippen LogP contribution < -0.4 is 5.73 Å². The van der Waals surface area contributed by atoms with E-state index in [9.17, 15) is 4.39 Å². The molecule has 0 radical (unpaired) electrons. The molecule has 0 aliphatic carbocycles. The zero-order valence-electron chi connectivity index (χ0n) is 6.44. The molecule has 13 heavy (non-hydrogen) atoms. The predicted octanol–water partition coefficient (Wildman–Crippen LogP) is 1.32. The number of aromatic nitrogens is 3. The Hall–Kier alpha value is -1.56. The van der Waals surface area contributed by atoms with E-state index in [2.05, 4.69) is 15.2 Å². The first-order chi connectivity index (χ1) is 6.25. The van der Waals surface area contributed by atoms with Gasteiger partial charge in [-0.25, -0.2) is 4.98 Å². The average molecular weight is 196 g/mol. The highest BCUT2D eigenvalue weighted by molar-refractivity contribution is 7.18. The second-order valence-electron chi connectivity index (χ2n) is 2.32. The van der Waals surface area contributed by atoms with E-state index in [4.69, 9.17) is 5.73 Å². The zero-order valence-corrected chi connectivity index (χ0v) is 7.25. The van der Waals surface area contributed by atoms with Crippen LogP contribution in [0, 0.1) is 5.95 Å². The van der Waals surface area contributed by atoms with Crippen LogP contribution in [0.2, 0.25) is 0 Å². The molecule has 2 N–H and O–H groups in total. The summed E-state index contributed by atoms with van der Waals surface area (Å²) >= 11 is 1.24. The van der Waals surface area contributed by atoms with Crippen LogP contribution in [0.5, 0.6) is 0 Å². The highest BCUT2D eigenvalue weighted by Gasteiger charge is 2.04. The van der Waals surface area contributed by atoms with Gasteiger partial charge in [-0.3, -0.25) is 0 Å². The molecular formula is C7H5FN4S. The lowest BCUT2D eigenvalue weighted by Crippen LogP contribution is -1.83. The van der Waals surface area contributed by atoms with E-state index >= 15 is 0 Å². The minimum Gasteiger partial charge on any atom is -0.374 e. The molecule has 2 rings (SSSR count). The number of hydrogen-bond acceptors (Lipinski definition) is 5. The van der Waals surface area contributed by atoms with Crippen LogP contribution in [0.25, 0.3) is 10.6 Å². The molecule has 0 aliphatic heterocycles. The number of pyridine rings is 1. The summed E-state index contributed by atoms with van der Waals surface area (Å²) in [6, 6.07) is 2.86. The van der Waals surface area contributed by atoms with Crippen molar-refractivity contribution in [2.75, 3.05) is 5.73 Å². The number of rotatable bonds is 1. The minimum absolute atomic E-state index is 0.388. The fourth-order valence-corrected chi connectivity index (χ4v) is 1.45. The smallest absolute Gasteiger partial charge is 0.212 e. The number of hydrogen-bond donors (Lipinski definition) is 1. The first-order valence-electron chi connectivity index (χ1n) is 3.46. The molecule has 0 atom stereocenters. The number of nitrogens with two attached hydrogens (primary N) is 1. The highest BCUT2D eigenvalue weighted by atomic mass is 32.1. The van der Waals surface area contributed by atoms with Gasteiger partial charge in [0.25, 0.3) is 0 Å². The molecule has 0 saturated heterocycles. The zero-order chi connectivity index (χ0) is 9.26. The molecule has 2 aromatic heterocycles. The van der Waals surface area contributed by atoms with E-state index in [0.29, 0.717) is 10.1 Å². The van der Waals surface area contributed by atoms with E-state index in [1.165, 1.54) is 23.6 Å². The molecule has 0 aliphatic rings. The predicted molar refractivity (Wildman–Crippen MR) is 47.5 cm³/mol. The molecule has 0 amide bonds. The lowest BCUT2D eigenvalue weighted by atomic mass is 10.3. The molecule has 0 bridgehead atoms. The van der Waals surface area contributed by atoms with Crippen molar-refractivity contribution < 1.29 is 4.39 Å². The average Bonchev–Trinajstić information content (AvgIpc) is 2.53. The van der Waals surface area contributed by atoms with Gasteiger partial charge in [-0.2, -0.15) is 4.39 Å². The van der Waals surface area contributed by atoms with E-state index in [0.717, 1.165) is 5.56 Å². The monoisotopic (exact) mass is 196 g/mol. The van der Waals surface area contributed by atoms with Crippen molar-refractivity contribution in [1.82, 2.24) is 15.2 Å². The van der Waals surface area contributed by atoms with E-state index in [-0.39, 0.29) is 0 Å². The normalized spacial score (nSPS) is 10.2. The third-order valence-electron chi connectivity index (χ3n) is 1.41. The van der Waals surface area contributed by atoms with Gasteiger partial charge in [0, 0.05) is 11.8 Å². The Kier molecular flexibility index (Phi) is 1.90. The first-order valence-corrected chi connectivity index (χ1v) is 4.28. The summed E-state index contributed by atoms with van der Waals surface area (Å²) in [4.78, 5) is 3.50. The Labute approximate surface area is 77.3 Å². The molecule has 0 fully saturated rings. The van der Waals surface area contributed by atoms with Gasteiger partial charge in [-0.15, -0.1) is 10.2 Å². The summed E-state index contributed by atoms with van der Waals surface area (Å²) < 4.78 is 12.4. The van der Waals surface area contributed by atoms with Crippen LogP contribution in [0.1, 0.15) is 0 Å². The molecule has 4 nitrogen and oxygen atoms in total. The van der Waals surface area contributed by atoms with Crippen molar-refractivity contribution in [3.05, 3.63) is 24.3 Å². The highest BCUT2D eigenvalue weighted by Crippen LogP contribution is 2.23. The quantitative estimate of drug-likeness (QED) is 0.698. The maximum Gasteiger partial charge on any atom is 0.212 e. The van der Waals surface area contributed by atoms with E-state index < -0.39 is 5.95 Å². The molecule has 0 saturated carbocycles. The van der Waals surface area contributed by atoms with Crippen LogP contribution in [-0.4, -0.2) is 15.2 Å². The number of halogens is 1. The first kappa shape index (κ1) is 8.06. The third kappa shape index (κ3) is 1.62. The maximum absolute atomic E-state index is 12.4. The van der Waals surface area contributed by atoms with Gasteiger partial charge in [0.1, 0.15) is 0 Å². The van der Waals surface area contributed by atoms with Crippen LogP contribution in [0.4, 0.5) is 9.52 Å². The molecule has 6 heteroatoms. The van der Waals surface area contributed by atoms with Crippen LogP contribution >= 0.6 is 11.3 Å². The summed E-state index contributed by atoms with van der Waals surface area (Å²) in [7, 11) is 0. The molecule has 2 aromatic rings. The molecule has 66 valence electrons. The molecule has 0 aromatic carbocycles. The van der Waals surface area contributed by atoms with Gasteiger partial charge >= 0.3 is 0 Å². The number of nitrogen functional groups attached to an aromatic ring is 1. The van der Waals surface area contributed by atoms with E-state index in [1.54, 1.807) is 6.07 Å². The van der Waals surface area contributed by atoms with Gasteiger partial charge < -0.3 is 5.73 Å². The molecule has 0 spiro atoms. The van der Waals surface area contributed by atoms with Crippen molar-refractivity contribution in [1.29, 1.82) is 0 Å². The Morgan fingerprint density at radius 2 is 2.15 bits per heavy atom. The number of anilines is 1. The topological polar surface area (TPSA) is 64.7 Å². The van der Waals surface area contributed by atoms with Gasteiger partial charge in [0.15, 0.2) is 5.01 Å². The second kappa shape index (κ2) is 3.06. The fraction of sp³-hybridized carbons (Fsp3) is 0. The minimum atomic E-state index is -0.513. The summed E-state index contributed by atoms with van der Waals surface area (Å²) in [6.45, 7) is 0. The Bertz CT molecular complexity index is 411. The summed E-state index contributed by atoms with van der Waals surface area (Å²) in [5.74, 6) is -0.513. The standard InChI is InChI=1S/C7H5FN4S/c8-5-2-1-4(3-10-5)6-11-12-7(9)13-6/h1-3H,(H2,9,12). The summed E-state index contributed by atoms with van der Waals surface area (Å²) in [5.41, 5.74) is 6.11. The molecule has 0 unspecified atom stereocenters. The second-order valence-corrected chi connectivity index (χ2v) is 3.32. The van der Waals surface area contributed by atoms with Crippen molar-refractivity contribution in [2.45, 2.75) is 0 Å². The number of nitrogens with zero attached hydrogens (tertiary/aromatic N) is 3. The van der Waals surface area contributed by atoms with Crippen LogP contribution in [-0.2, 0) is 0 Å². The Morgan fingerprint density at radius 3 is 2.69 bits per heavy atom. The van der Waals surface area contributed by atoms with Gasteiger partial charge in [-0.05, 0) is 12.1 Å². The van der Waals surface area contributed by atoms with Gasteiger partial charge in [-0.1, -0.05) is 11.3 Å². The van der Waals surface area contributed by atoms with Gasteiger partial charge in [0.2, 0.25) is 11.1 Å². The largest absolute Gasteiger partial charge is 0.374 e. The lowest BCUT2D eigenvalue weighted by molar-refractivity contribution is 0.584. The molecule has 2 heterocycles. The molecular weight excluding hydrogens is 191 g/mol. The van der Waals surface area contributed by atoms with Crippen molar-refractivity contribution >= 4 is 16.5 Å². The maximum atomic E-state index is 12.4. The van der Waals surface area contributed by atoms with Gasteiger partial charge in [0.05, 0.1) is 0 Å². The Morgan fingerprint density at radius 1 is 1.31 bits per heavy atom. The van der Waals surface area contributed by atoms with Crippen molar-refractivity contribution in [3.63, 3.8) is 0 Å². The summed E-state index contributed by atoms with van der Waals surface area (Å²) in [6.07, 6.45) is 1.40. The third-order valence-corrected chi connectivity index (χ3v) is 2.22.